The van der Waals surface area contributed by atoms with Crippen molar-refractivity contribution in [3.63, 3.8) is 0 Å². The van der Waals surface area contributed by atoms with Gasteiger partial charge < -0.3 is 0 Å². The number of hydrogen-bond acceptors (Lipinski definition) is 2. The number of hydrogen-bond donors (Lipinski definition) is 1. The largest absolute Gasteiger partial charge is 0.175 e. The molecule has 0 radical (unpaired) electrons. The van der Waals surface area contributed by atoms with Gasteiger partial charge in [-0.05, 0) is 19.8 Å². The van der Waals surface area contributed by atoms with Gasteiger partial charge in [0.15, 0.2) is 0 Å². The van der Waals surface area contributed by atoms with Crippen LogP contribution in [0.1, 0.15) is 26.7 Å². The van der Waals surface area contributed by atoms with E-state index in [1.807, 2.05) is 31.1 Å². The maximum Gasteiger partial charge on any atom is 0.148 e. The van der Waals surface area contributed by atoms with Crippen molar-refractivity contribution < 1.29 is 4.68 Å². The third-order valence-electron chi connectivity index (χ3n) is 2.02. The van der Waals surface area contributed by atoms with Crippen molar-refractivity contribution in [1.82, 2.24) is 5.53 Å². The highest BCUT2D eigenvalue weighted by molar-refractivity contribution is 5.68. The molecule has 1 fully saturated rings. The van der Waals surface area contributed by atoms with Crippen LogP contribution in [0.5, 0.6) is 0 Å². The lowest BCUT2D eigenvalue weighted by Crippen LogP contribution is -2.20. The Morgan fingerprint density at radius 3 is 2.64 bits per heavy atom. The van der Waals surface area contributed by atoms with E-state index in [9.17, 15) is 0 Å². The van der Waals surface area contributed by atoms with Crippen molar-refractivity contribution in [1.29, 1.82) is 0 Å². The molecule has 0 amide bonds. The van der Waals surface area contributed by atoms with E-state index in [0.29, 0.717) is 5.41 Å². The van der Waals surface area contributed by atoms with E-state index in [-0.39, 0.29) is 0 Å². The van der Waals surface area contributed by atoms with E-state index in [2.05, 4.69) is 17.6 Å². The first-order valence-corrected chi connectivity index (χ1v) is 3.98. The lowest BCUT2D eigenvalue weighted by atomic mass is 10.2. The summed E-state index contributed by atoms with van der Waals surface area (Å²) in [6.45, 7) is 4.18. The smallest absolute Gasteiger partial charge is 0.148 e. The second-order valence-corrected chi connectivity index (χ2v) is 3.38. The number of nitrogens with zero attached hydrogens (tertiary/aromatic N) is 2. The minimum atomic E-state index is 0.390. The Labute approximate surface area is 67.8 Å². The molecule has 1 aliphatic carbocycles. The van der Waals surface area contributed by atoms with Crippen LogP contribution in [0, 0.1) is 5.41 Å². The molecule has 11 heavy (non-hydrogen) atoms. The molecule has 0 saturated heterocycles. The minimum absolute atomic E-state index is 0.390. The number of rotatable bonds is 3. The summed E-state index contributed by atoms with van der Waals surface area (Å²) < 4.78 is 1.82. The standard InChI is InChI=1S/C8H16N3/c1-4-11(3)10-9-7-8(2)5-6-8/h4,7,10H,5-6H2,1-3H3/q+1. The van der Waals surface area contributed by atoms with Crippen molar-refractivity contribution in [2.24, 2.45) is 10.5 Å². The highest BCUT2D eigenvalue weighted by Gasteiger charge is 2.37. The van der Waals surface area contributed by atoms with Crippen LogP contribution in [-0.4, -0.2) is 24.2 Å². The first-order valence-electron chi connectivity index (χ1n) is 3.98. The summed E-state index contributed by atoms with van der Waals surface area (Å²) in [7, 11) is 1.92. The third-order valence-corrected chi connectivity index (χ3v) is 2.02. The number of nitrogens with one attached hydrogen (secondary N) is 1. The van der Waals surface area contributed by atoms with E-state index < -0.39 is 0 Å². The molecule has 62 valence electrons. The molecule has 1 N–H and O–H groups in total. The fourth-order valence-corrected chi connectivity index (χ4v) is 0.660. The molecule has 0 aromatic carbocycles. The number of hydrazone groups is 2. The highest BCUT2D eigenvalue weighted by atomic mass is 15.6. The van der Waals surface area contributed by atoms with Crippen LogP contribution in [-0.2, 0) is 0 Å². The van der Waals surface area contributed by atoms with Gasteiger partial charge in [-0.2, -0.15) is 4.68 Å². The molecule has 0 bridgehead atoms. The molecular weight excluding hydrogens is 138 g/mol. The predicted octanol–water partition coefficient (Wildman–Crippen LogP) is 1.01. The molecule has 0 heterocycles. The van der Waals surface area contributed by atoms with Gasteiger partial charge in [-0.25, -0.2) is 0 Å². The van der Waals surface area contributed by atoms with Crippen LogP contribution in [0.15, 0.2) is 5.10 Å². The van der Waals surface area contributed by atoms with Gasteiger partial charge in [-0.3, -0.25) is 0 Å². The summed E-state index contributed by atoms with van der Waals surface area (Å²) in [5, 5.41) is 4.10. The van der Waals surface area contributed by atoms with E-state index in [1.54, 1.807) is 0 Å². The summed E-state index contributed by atoms with van der Waals surface area (Å²) in [5.74, 6) is 0. The van der Waals surface area contributed by atoms with Crippen LogP contribution in [0.25, 0.3) is 0 Å². The van der Waals surface area contributed by atoms with Crippen LogP contribution in [0.3, 0.4) is 0 Å². The SMILES string of the molecule is CC=[N+](C)NN=CC1(C)CC1. The maximum atomic E-state index is 4.10. The summed E-state index contributed by atoms with van der Waals surface area (Å²) >= 11 is 0. The van der Waals surface area contributed by atoms with Crippen molar-refractivity contribution >= 4 is 12.4 Å². The topological polar surface area (TPSA) is 27.4 Å². The van der Waals surface area contributed by atoms with Crippen LogP contribution in [0.4, 0.5) is 0 Å². The minimum Gasteiger partial charge on any atom is -0.175 e. The monoisotopic (exact) mass is 154 g/mol. The molecule has 3 heteroatoms. The van der Waals surface area contributed by atoms with Gasteiger partial charge in [0.25, 0.3) is 0 Å². The molecule has 0 spiro atoms. The zero-order valence-electron chi connectivity index (χ0n) is 7.46. The molecule has 1 rings (SSSR count). The van der Waals surface area contributed by atoms with Crippen LogP contribution in [0.2, 0.25) is 0 Å². The summed E-state index contributed by atoms with van der Waals surface area (Å²) in [5.41, 5.74) is 3.27. The van der Waals surface area contributed by atoms with Gasteiger partial charge in [-0.15, -0.1) is 0 Å². The second kappa shape index (κ2) is 3.03. The van der Waals surface area contributed by atoms with Gasteiger partial charge in [-0.1, -0.05) is 12.5 Å². The van der Waals surface area contributed by atoms with Crippen LogP contribution >= 0.6 is 0 Å². The average molecular weight is 154 g/mol. The Bertz CT molecular complexity index is 190. The van der Waals surface area contributed by atoms with Crippen molar-refractivity contribution in [2.75, 3.05) is 7.05 Å². The Morgan fingerprint density at radius 1 is 1.55 bits per heavy atom. The Balaban J connectivity index is 2.26. The van der Waals surface area contributed by atoms with Gasteiger partial charge in [0, 0.05) is 10.5 Å². The third kappa shape index (κ3) is 2.70. The first-order chi connectivity index (χ1) is 5.16. The fourth-order valence-electron chi connectivity index (χ4n) is 0.660. The molecule has 0 aromatic heterocycles. The predicted molar refractivity (Wildman–Crippen MR) is 46.9 cm³/mol. The van der Waals surface area contributed by atoms with E-state index in [0.717, 1.165) is 0 Å². The normalized spacial score (nSPS) is 22.3. The highest BCUT2D eigenvalue weighted by Crippen LogP contribution is 2.42. The molecule has 0 aromatic rings. The van der Waals surface area contributed by atoms with E-state index in [4.69, 9.17) is 0 Å². The lowest BCUT2D eigenvalue weighted by Gasteiger charge is -1.93. The average Bonchev–Trinajstić information content (AvgIpc) is 2.68. The lowest BCUT2D eigenvalue weighted by molar-refractivity contribution is -0.556. The fraction of sp³-hybridized carbons (Fsp3) is 0.750. The Kier molecular flexibility index (Phi) is 2.27. The summed E-state index contributed by atoms with van der Waals surface area (Å²) in [6.07, 6.45) is 6.47. The molecule has 3 nitrogen and oxygen atoms in total. The van der Waals surface area contributed by atoms with E-state index >= 15 is 0 Å². The van der Waals surface area contributed by atoms with Gasteiger partial charge in [0.2, 0.25) is 0 Å². The molecule has 1 saturated carbocycles. The molecule has 1 aliphatic rings. The van der Waals surface area contributed by atoms with Crippen molar-refractivity contribution in [2.45, 2.75) is 26.7 Å². The second-order valence-electron chi connectivity index (χ2n) is 3.38. The van der Waals surface area contributed by atoms with Gasteiger partial charge in [0.1, 0.15) is 6.21 Å². The maximum absolute atomic E-state index is 4.10. The zero-order valence-corrected chi connectivity index (χ0v) is 7.46. The molecular formula is C8H16N3+. The Hall–Kier alpha value is -0.860. The number of hydrazine groups is 1. The molecule has 0 atom stereocenters. The summed E-state index contributed by atoms with van der Waals surface area (Å²) in [6, 6.07) is 0. The first kappa shape index (κ1) is 8.24. The van der Waals surface area contributed by atoms with Gasteiger partial charge in [0.05, 0.1) is 13.3 Å². The zero-order chi connectivity index (χ0) is 8.32. The quantitative estimate of drug-likeness (QED) is 0.366. The molecule has 0 aliphatic heterocycles. The van der Waals surface area contributed by atoms with Crippen LogP contribution < -0.4 is 5.53 Å². The Morgan fingerprint density at radius 2 is 2.18 bits per heavy atom. The van der Waals surface area contributed by atoms with Crippen molar-refractivity contribution in [3.05, 3.63) is 0 Å². The molecule has 0 unspecified atom stereocenters. The summed E-state index contributed by atoms with van der Waals surface area (Å²) in [4.78, 5) is 0. The van der Waals surface area contributed by atoms with E-state index in [1.165, 1.54) is 12.8 Å². The van der Waals surface area contributed by atoms with Gasteiger partial charge >= 0.3 is 0 Å². The van der Waals surface area contributed by atoms with Crippen molar-refractivity contribution in [3.8, 4) is 0 Å².